The summed E-state index contributed by atoms with van der Waals surface area (Å²) in [6.45, 7) is 1.95. The summed E-state index contributed by atoms with van der Waals surface area (Å²) >= 11 is 1.56. The van der Waals surface area contributed by atoms with Gasteiger partial charge in [-0.05, 0) is 26.2 Å². The summed E-state index contributed by atoms with van der Waals surface area (Å²) in [5, 5.41) is 14.3. The topological polar surface area (TPSA) is 69.6 Å². The van der Waals surface area contributed by atoms with Gasteiger partial charge in [0.25, 0.3) is 0 Å². The summed E-state index contributed by atoms with van der Waals surface area (Å²) in [5.41, 5.74) is 8.43. The first-order valence-corrected chi connectivity index (χ1v) is 6.20. The van der Waals surface area contributed by atoms with Crippen LogP contribution >= 0.6 is 11.3 Å². The molecule has 1 unspecified atom stereocenters. The molecule has 0 spiro atoms. The number of nitrogens with two attached hydrogens (primary N) is 1. The van der Waals surface area contributed by atoms with Crippen LogP contribution in [0.2, 0.25) is 0 Å². The van der Waals surface area contributed by atoms with Crippen LogP contribution in [-0.2, 0) is 6.42 Å². The summed E-state index contributed by atoms with van der Waals surface area (Å²) in [6.07, 6.45) is 5.07. The van der Waals surface area contributed by atoms with Gasteiger partial charge in [-0.2, -0.15) is 5.10 Å². The van der Waals surface area contributed by atoms with Crippen molar-refractivity contribution in [2.45, 2.75) is 32.2 Å². The van der Waals surface area contributed by atoms with Gasteiger partial charge in [0.15, 0.2) is 0 Å². The van der Waals surface area contributed by atoms with Gasteiger partial charge in [-0.1, -0.05) is 11.3 Å². The molecule has 2 aromatic heterocycles. The van der Waals surface area contributed by atoms with Gasteiger partial charge in [0, 0.05) is 11.6 Å². The quantitative estimate of drug-likeness (QED) is 0.810. The fourth-order valence-electron chi connectivity index (χ4n) is 2.13. The van der Waals surface area contributed by atoms with E-state index >= 15 is 0 Å². The zero-order chi connectivity index (χ0) is 11.1. The van der Waals surface area contributed by atoms with E-state index in [0.717, 1.165) is 29.4 Å². The van der Waals surface area contributed by atoms with Crippen molar-refractivity contribution in [2.24, 2.45) is 5.73 Å². The maximum Gasteiger partial charge on any atom is 0.233 e. The van der Waals surface area contributed by atoms with E-state index in [2.05, 4.69) is 15.3 Å². The van der Waals surface area contributed by atoms with Crippen LogP contribution in [0, 0.1) is 6.92 Å². The fourth-order valence-corrected chi connectivity index (χ4v) is 2.80. The molecule has 0 saturated heterocycles. The second-order valence-corrected chi connectivity index (χ2v) is 5.22. The molecule has 0 aliphatic heterocycles. The number of nitrogens with zero attached hydrogens (tertiary/aromatic N) is 4. The van der Waals surface area contributed by atoms with E-state index in [1.807, 2.05) is 17.8 Å². The largest absolute Gasteiger partial charge is 0.324 e. The third kappa shape index (κ3) is 1.45. The van der Waals surface area contributed by atoms with Gasteiger partial charge in [-0.3, -0.25) is 0 Å². The summed E-state index contributed by atoms with van der Waals surface area (Å²) in [6, 6.07) is 0.131. The highest BCUT2D eigenvalue weighted by Crippen LogP contribution is 2.29. The Morgan fingerprint density at radius 1 is 1.50 bits per heavy atom. The molecule has 0 aromatic carbocycles. The molecule has 0 fully saturated rings. The normalized spacial score (nSPS) is 19.8. The Morgan fingerprint density at radius 3 is 3.12 bits per heavy atom. The summed E-state index contributed by atoms with van der Waals surface area (Å²) in [5.74, 6) is 0. The zero-order valence-corrected chi connectivity index (χ0v) is 9.87. The highest BCUT2D eigenvalue weighted by atomic mass is 32.1. The molecule has 2 N–H and O–H groups in total. The molecule has 0 saturated carbocycles. The SMILES string of the molecule is Cc1nnc(-n2ncc3c2CCCC3N)s1. The van der Waals surface area contributed by atoms with Crippen molar-refractivity contribution >= 4 is 11.3 Å². The summed E-state index contributed by atoms with van der Waals surface area (Å²) < 4.78 is 1.89. The number of aromatic nitrogens is 4. The van der Waals surface area contributed by atoms with Gasteiger partial charge < -0.3 is 5.73 Å². The fraction of sp³-hybridized carbons (Fsp3) is 0.500. The Bertz CT molecular complexity index is 515. The molecule has 1 atom stereocenters. The van der Waals surface area contributed by atoms with Gasteiger partial charge in [0.2, 0.25) is 5.13 Å². The number of hydrogen-bond acceptors (Lipinski definition) is 5. The molecule has 0 bridgehead atoms. The average molecular weight is 235 g/mol. The molecular weight excluding hydrogens is 222 g/mol. The lowest BCUT2D eigenvalue weighted by Gasteiger charge is -2.18. The van der Waals surface area contributed by atoms with E-state index in [9.17, 15) is 0 Å². The van der Waals surface area contributed by atoms with Crippen molar-refractivity contribution in [1.82, 2.24) is 20.0 Å². The first-order chi connectivity index (χ1) is 7.75. The molecule has 5 nitrogen and oxygen atoms in total. The third-order valence-electron chi connectivity index (χ3n) is 2.93. The Kier molecular flexibility index (Phi) is 2.26. The average Bonchev–Trinajstić information content (AvgIpc) is 2.84. The smallest absolute Gasteiger partial charge is 0.233 e. The van der Waals surface area contributed by atoms with Crippen molar-refractivity contribution in [2.75, 3.05) is 0 Å². The molecule has 2 aromatic rings. The van der Waals surface area contributed by atoms with Gasteiger partial charge in [-0.25, -0.2) is 4.68 Å². The van der Waals surface area contributed by atoms with Crippen molar-refractivity contribution in [3.63, 3.8) is 0 Å². The third-order valence-corrected chi connectivity index (χ3v) is 3.74. The maximum absolute atomic E-state index is 6.06. The molecule has 2 heterocycles. The first-order valence-electron chi connectivity index (χ1n) is 5.38. The van der Waals surface area contributed by atoms with E-state index in [0.29, 0.717) is 0 Å². The van der Waals surface area contributed by atoms with Crippen LogP contribution in [0.1, 0.15) is 35.1 Å². The number of fused-ring (bicyclic) bond motifs is 1. The minimum atomic E-state index is 0.131. The van der Waals surface area contributed by atoms with E-state index in [1.54, 1.807) is 11.3 Å². The monoisotopic (exact) mass is 235 g/mol. The minimum Gasteiger partial charge on any atom is -0.324 e. The Morgan fingerprint density at radius 2 is 2.38 bits per heavy atom. The van der Waals surface area contributed by atoms with Crippen molar-refractivity contribution in [1.29, 1.82) is 0 Å². The van der Waals surface area contributed by atoms with Crippen LogP contribution < -0.4 is 5.73 Å². The lowest BCUT2D eigenvalue weighted by Crippen LogP contribution is -2.17. The van der Waals surface area contributed by atoms with Crippen molar-refractivity contribution in [3.8, 4) is 5.13 Å². The zero-order valence-electron chi connectivity index (χ0n) is 9.05. The van der Waals surface area contributed by atoms with E-state index in [1.165, 1.54) is 11.3 Å². The van der Waals surface area contributed by atoms with Crippen LogP contribution in [0.4, 0.5) is 0 Å². The second-order valence-electron chi connectivity index (χ2n) is 4.06. The Hall–Kier alpha value is -1.27. The lowest BCUT2D eigenvalue weighted by atomic mass is 9.94. The highest BCUT2D eigenvalue weighted by Gasteiger charge is 2.22. The summed E-state index contributed by atoms with van der Waals surface area (Å²) in [7, 11) is 0. The van der Waals surface area contributed by atoms with Crippen LogP contribution in [0.25, 0.3) is 5.13 Å². The van der Waals surface area contributed by atoms with Crippen LogP contribution in [0.3, 0.4) is 0 Å². The van der Waals surface area contributed by atoms with E-state index < -0.39 is 0 Å². The molecule has 16 heavy (non-hydrogen) atoms. The van der Waals surface area contributed by atoms with Gasteiger partial charge >= 0.3 is 0 Å². The van der Waals surface area contributed by atoms with Crippen molar-refractivity contribution in [3.05, 3.63) is 22.5 Å². The van der Waals surface area contributed by atoms with Crippen LogP contribution in [0.5, 0.6) is 0 Å². The highest BCUT2D eigenvalue weighted by molar-refractivity contribution is 7.13. The molecule has 6 heteroatoms. The van der Waals surface area contributed by atoms with Crippen molar-refractivity contribution < 1.29 is 0 Å². The molecule has 84 valence electrons. The molecular formula is C10H13N5S. The molecule has 1 aliphatic carbocycles. The number of hydrogen-bond donors (Lipinski definition) is 1. The summed E-state index contributed by atoms with van der Waals surface area (Å²) in [4.78, 5) is 0. The predicted octanol–water partition coefficient (Wildman–Crippen LogP) is 1.37. The van der Waals surface area contributed by atoms with E-state index in [-0.39, 0.29) is 6.04 Å². The van der Waals surface area contributed by atoms with Gasteiger partial charge in [0.05, 0.1) is 11.9 Å². The molecule has 0 amide bonds. The van der Waals surface area contributed by atoms with Gasteiger partial charge in [0.1, 0.15) is 5.01 Å². The second kappa shape index (κ2) is 3.64. The molecule has 1 aliphatic rings. The van der Waals surface area contributed by atoms with Crippen LogP contribution in [0.15, 0.2) is 6.20 Å². The Labute approximate surface area is 97.3 Å². The van der Waals surface area contributed by atoms with Crippen LogP contribution in [-0.4, -0.2) is 20.0 Å². The van der Waals surface area contributed by atoms with Gasteiger partial charge in [-0.15, -0.1) is 10.2 Å². The minimum absolute atomic E-state index is 0.131. The Balaban J connectivity index is 2.09. The predicted molar refractivity (Wildman–Crippen MR) is 61.6 cm³/mol. The first kappa shape index (κ1) is 9.92. The number of rotatable bonds is 1. The molecule has 3 rings (SSSR count). The lowest BCUT2D eigenvalue weighted by molar-refractivity contribution is 0.557. The van der Waals surface area contributed by atoms with E-state index in [4.69, 9.17) is 5.73 Å². The molecule has 0 radical (unpaired) electrons. The number of aryl methyl sites for hydroxylation is 1. The standard InChI is InChI=1S/C10H13N5S/c1-6-13-14-10(16-6)15-9-4-2-3-8(11)7(9)5-12-15/h5,8H,2-4,11H2,1H3. The maximum atomic E-state index is 6.06.